The number of rotatable bonds is 12. The van der Waals surface area contributed by atoms with Gasteiger partial charge in [-0.25, -0.2) is 0 Å². The Morgan fingerprint density at radius 1 is 0.611 bits per heavy atom. The zero-order chi connectivity index (χ0) is 12.9. The number of hydrogen-bond donors (Lipinski definition) is 0. The molecule has 0 unspecified atom stereocenters. The lowest BCUT2D eigenvalue weighted by molar-refractivity contribution is 0.277. The average molecular weight is 271 g/mol. The van der Waals surface area contributed by atoms with Crippen LogP contribution in [0.2, 0.25) is 0 Å². The predicted molar refractivity (Wildman–Crippen MR) is 85.5 cm³/mol. The highest BCUT2D eigenvalue weighted by Gasteiger charge is 2.03. The Labute approximate surface area is 119 Å². The van der Waals surface area contributed by atoms with Crippen LogP contribution >= 0.6 is 12.4 Å². The minimum Gasteiger partial charge on any atom is -0.296 e. The molecule has 0 saturated heterocycles. The number of nitrogens with zero attached hydrogens (tertiary/aromatic N) is 2. The van der Waals surface area contributed by atoms with Gasteiger partial charge in [-0.1, -0.05) is 24.3 Å². The van der Waals surface area contributed by atoms with Crippen LogP contribution in [0.5, 0.6) is 0 Å². The van der Waals surface area contributed by atoms with E-state index < -0.39 is 0 Å². The lowest BCUT2D eigenvalue weighted by atomic mass is 10.3. The molecule has 0 aromatic heterocycles. The lowest BCUT2D eigenvalue weighted by Crippen LogP contribution is -2.30. The first-order valence-corrected chi connectivity index (χ1v) is 6.16. The second-order valence-corrected chi connectivity index (χ2v) is 4.03. The summed E-state index contributed by atoms with van der Waals surface area (Å²) < 4.78 is 0. The minimum absolute atomic E-state index is 0. The maximum absolute atomic E-state index is 3.77. The fraction of sp³-hybridized carbons (Fsp3) is 0.467. The van der Waals surface area contributed by atoms with Gasteiger partial charge in [-0.05, 0) is 6.42 Å². The molecule has 0 heterocycles. The lowest BCUT2D eigenvalue weighted by Gasteiger charge is -2.22. The summed E-state index contributed by atoms with van der Waals surface area (Å²) in [4.78, 5) is 4.67. The topological polar surface area (TPSA) is 6.48 Å². The molecule has 0 atom stereocenters. The van der Waals surface area contributed by atoms with Crippen molar-refractivity contribution in [1.82, 2.24) is 9.80 Å². The Morgan fingerprint density at radius 3 is 1.11 bits per heavy atom. The summed E-state index contributed by atoms with van der Waals surface area (Å²) in [5.74, 6) is 0. The Morgan fingerprint density at radius 2 is 0.889 bits per heavy atom. The largest absolute Gasteiger partial charge is 0.296 e. The quantitative estimate of drug-likeness (QED) is 0.503. The molecule has 0 rings (SSSR count). The van der Waals surface area contributed by atoms with Crippen LogP contribution in [-0.4, -0.2) is 49.1 Å². The first-order valence-electron chi connectivity index (χ1n) is 6.16. The van der Waals surface area contributed by atoms with Gasteiger partial charge in [0, 0.05) is 39.3 Å². The van der Waals surface area contributed by atoms with Gasteiger partial charge in [0.25, 0.3) is 0 Å². The van der Waals surface area contributed by atoms with E-state index in [9.17, 15) is 0 Å². The van der Waals surface area contributed by atoms with Crippen molar-refractivity contribution < 1.29 is 0 Å². The Kier molecular flexibility index (Phi) is 15.4. The summed E-state index contributed by atoms with van der Waals surface area (Å²) in [6, 6.07) is 0. The summed E-state index contributed by atoms with van der Waals surface area (Å²) in [6.45, 7) is 20.9. The van der Waals surface area contributed by atoms with Gasteiger partial charge in [-0.15, -0.1) is 38.7 Å². The molecule has 0 fully saturated rings. The maximum atomic E-state index is 3.77. The summed E-state index contributed by atoms with van der Waals surface area (Å²) in [5, 5.41) is 0. The monoisotopic (exact) mass is 270 g/mol. The Hall–Kier alpha value is -0.830. The fourth-order valence-electron chi connectivity index (χ4n) is 1.76. The first-order chi connectivity index (χ1) is 8.28. The molecule has 0 spiro atoms. The van der Waals surface area contributed by atoms with E-state index in [2.05, 4.69) is 36.1 Å². The molecule has 0 aliphatic rings. The molecule has 0 amide bonds. The normalized spacial score (nSPS) is 9.89. The van der Waals surface area contributed by atoms with Gasteiger partial charge in [0.05, 0.1) is 0 Å². The van der Waals surface area contributed by atoms with Gasteiger partial charge in [-0.2, -0.15) is 0 Å². The Balaban J connectivity index is 0. The van der Waals surface area contributed by atoms with Crippen molar-refractivity contribution >= 4 is 12.4 Å². The van der Waals surface area contributed by atoms with Gasteiger partial charge < -0.3 is 0 Å². The van der Waals surface area contributed by atoms with E-state index in [1.165, 1.54) is 0 Å². The van der Waals surface area contributed by atoms with Gasteiger partial charge >= 0.3 is 0 Å². The van der Waals surface area contributed by atoms with Crippen molar-refractivity contribution in [1.29, 1.82) is 0 Å². The average Bonchev–Trinajstić information content (AvgIpc) is 2.30. The second kappa shape index (κ2) is 14.2. The van der Waals surface area contributed by atoms with E-state index >= 15 is 0 Å². The summed E-state index contributed by atoms with van der Waals surface area (Å²) in [6.07, 6.45) is 8.90. The van der Waals surface area contributed by atoms with E-state index in [4.69, 9.17) is 0 Å². The van der Waals surface area contributed by atoms with Gasteiger partial charge in [0.1, 0.15) is 0 Å². The molecular formula is C15H27ClN2. The molecule has 0 aromatic rings. The second-order valence-electron chi connectivity index (χ2n) is 4.03. The highest BCUT2D eigenvalue weighted by molar-refractivity contribution is 5.85. The third-order valence-electron chi connectivity index (χ3n) is 2.50. The molecule has 0 aliphatic carbocycles. The van der Waals surface area contributed by atoms with Crippen LogP contribution in [0.3, 0.4) is 0 Å². The van der Waals surface area contributed by atoms with Crippen LogP contribution < -0.4 is 0 Å². The van der Waals surface area contributed by atoms with Crippen LogP contribution in [0, 0.1) is 0 Å². The van der Waals surface area contributed by atoms with E-state index in [1.54, 1.807) is 0 Å². The molecule has 3 heteroatoms. The highest BCUT2D eigenvalue weighted by atomic mass is 35.5. The maximum Gasteiger partial charge on any atom is 0.0163 e. The standard InChI is InChI=1S/C15H26N2.ClH/c1-5-10-16(11-6-2)14-9-15-17(12-7-3)13-8-4;/h5-8H,1-4,9-15H2;1H. The van der Waals surface area contributed by atoms with E-state index in [0.717, 1.165) is 45.7 Å². The fourth-order valence-corrected chi connectivity index (χ4v) is 1.76. The van der Waals surface area contributed by atoms with E-state index in [-0.39, 0.29) is 12.4 Å². The summed E-state index contributed by atoms with van der Waals surface area (Å²) in [5.41, 5.74) is 0. The first kappa shape index (κ1) is 19.5. The van der Waals surface area contributed by atoms with Crippen molar-refractivity contribution in [2.24, 2.45) is 0 Å². The van der Waals surface area contributed by atoms with Crippen molar-refractivity contribution in [3.05, 3.63) is 50.6 Å². The minimum atomic E-state index is 0. The summed E-state index contributed by atoms with van der Waals surface area (Å²) in [7, 11) is 0. The SMILES string of the molecule is C=CCN(CC=C)CCCN(CC=C)CC=C.Cl. The molecule has 0 aliphatic heterocycles. The van der Waals surface area contributed by atoms with Crippen LogP contribution in [0.25, 0.3) is 0 Å². The van der Waals surface area contributed by atoms with Crippen molar-refractivity contribution in [2.45, 2.75) is 6.42 Å². The van der Waals surface area contributed by atoms with Crippen molar-refractivity contribution in [3.63, 3.8) is 0 Å². The van der Waals surface area contributed by atoms with E-state index in [0.29, 0.717) is 0 Å². The molecule has 0 aromatic carbocycles. The number of hydrogen-bond acceptors (Lipinski definition) is 2. The molecule has 2 nitrogen and oxygen atoms in total. The summed E-state index contributed by atoms with van der Waals surface area (Å²) >= 11 is 0. The van der Waals surface area contributed by atoms with Crippen molar-refractivity contribution in [2.75, 3.05) is 39.3 Å². The zero-order valence-corrected chi connectivity index (χ0v) is 12.2. The third-order valence-corrected chi connectivity index (χ3v) is 2.50. The molecular weight excluding hydrogens is 244 g/mol. The molecule has 18 heavy (non-hydrogen) atoms. The molecule has 0 radical (unpaired) electrons. The number of halogens is 1. The molecule has 104 valence electrons. The van der Waals surface area contributed by atoms with Gasteiger partial charge in [-0.3, -0.25) is 9.80 Å². The molecule has 0 bridgehead atoms. The van der Waals surface area contributed by atoms with E-state index in [1.807, 2.05) is 24.3 Å². The molecule has 0 saturated carbocycles. The van der Waals surface area contributed by atoms with Crippen molar-refractivity contribution in [3.8, 4) is 0 Å². The predicted octanol–water partition coefficient (Wildman–Crippen LogP) is 3.15. The van der Waals surface area contributed by atoms with Crippen LogP contribution in [0.4, 0.5) is 0 Å². The smallest absolute Gasteiger partial charge is 0.0163 e. The highest BCUT2D eigenvalue weighted by Crippen LogP contribution is 1.97. The Bertz CT molecular complexity index is 195. The third kappa shape index (κ3) is 10.3. The van der Waals surface area contributed by atoms with Gasteiger partial charge in [0.15, 0.2) is 0 Å². The van der Waals surface area contributed by atoms with Crippen LogP contribution in [0.1, 0.15) is 6.42 Å². The zero-order valence-electron chi connectivity index (χ0n) is 11.4. The van der Waals surface area contributed by atoms with Crippen LogP contribution in [0.15, 0.2) is 50.6 Å². The van der Waals surface area contributed by atoms with Crippen LogP contribution in [-0.2, 0) is 0 Å². The molecule has 0 N–H and O–H groups in total. The van der Waals surface area contributed by atoms with Gasteiger partial charge in [0.2, 0.25) is 0 Å².